The molecule has 0 amide bonds. The molecule has 1 aromatic heterocycles. The molecule has 2 aromatic rings. The average molecular weight is 369 g/mol. The summed E-state index contributed by atoms with van der Waals surface area (Å²) in [6.07, 6.45) is 2.70. The second-order valence-electron chi connectivity index (χ2n) is 8.20. The number of fused-ring (bicyclic) bond motifs is 1. The van der Waals surface area contributed by atoms with Gasteiger partial charge in [-0.2, -0.15) is 0 Å². The summed E-state index contributed by atoms with van der Waals surface area (Å²) in [5.41, 5.74) is 3.05. The van der Waals surface area contributed by atoms with Crippen LogP contribution in [0.3, 0.4) is 0 Å². The van der Waals surface area contributed by atoms with Gasteiger partial charge in [-0.1, -0.05) is 29.3 Å². The number of carbonyl (C=O) groups excluding carboxylic acids is 1. The highest BCUT2D eigenvalue weighted by Crippen LogP contribution is 2.26. The van der Waals surface area contributed by atoms with Gasteiger partial charge in [0.25, 0.3) is 5.56 Å². The fraction of sp³-hybridized carbons (Fsp3) is 0.476. The van der Waals surface area contributed by atoms with Crippen LogP contribution in [0.25, 0.3) is 0 Å². The largest absolute Gasteiger partial charge is 0.458 e. The lowest BCUT2D eigenvalue weighted by Crippen LogP contribution is -2.34. The van der Waals surface area contributed by atoms with Crippen molar-refractivity contribution in [3.63, 3.8) is 0 Å². The van der Waals surface area contributed by atoms with Crippen LogP contribution < -0.4 is 10.9 Å². The first-order valence-corrected chi connectivity index (χ1v) is 9.28. The van der Waals surface area contributed by atoms with E-state index in [4.69, 9.17) is 4.74 Å². The lowest BCUT2D eigenvalue weighted by Gasteiger charge is -2.23. The zero-order chi connectivity index (χ0) is 19.8. The molecule has 0 unspecified atom stereocenters. The van der Waals surface area contributed by atoms with Gasteiger partial charge in [-0.25, -0.2) is 9.78 Å². The van der Waals surface area contributed by atoms with E-state index >= 15 is 0 Å². The van der Waals surface area contributed by atoms with Crippen LogP contribution in [0.4, 0.5) is 5.69 Å². The Morgan fingerprint density at radius 3 is 2.56 bits per heavy atom. The number of esters is 1. The Morgan fingerprint density at radius 1 is 1.26 bits per heavy atom. The van der Waals surface area contributed by atoms with Gasteiger partial charge in [-0.05, 0) is 46.6 Å². The van der Waals surface area contributed by atoms with Crippen LogP contribution in [0.2, 0.25) is 0 Å². The van der Waals surface area contributed by atoms with Gasteiger partial charge in [0, 0.05) is 13.0 Å². The molecule has 0 aliphatic carbocycles. The predicted molar refractivity (Wildman–Crippen MR) is 105 cm³/mol. The summed E-state index contributed by atoms with van der Waals surface area (Å²) >= 11 is 0. The number of anilines is 1. The van der Waals surface area contributed by atoms with Crippen molar-refractivity contribution in [3.8, 4) is 0 Å². The number of rotatable bonds is 4. The second-order valence-corrected chi connectivity index (χ2v) is 8.20. The second kappa shape index (κ2) is 7.18. The number of nitrogens with zero attached hydrogens (tertiary/aromatic N) is 2. The van der Waals surface area contributed by atoms with Crippen LogP contribution in [0.1, 0.15) is 55.7 Å². The van der Waals surface area contributed by atoms with Crippen molar-refractivity contribution < 1.29 is 9.53 Å². The molecule has 1 N–H and O–H groups in total. The number of aromatic nitrogens is 2. The van der Waals surface area contributed by atoms with E-state index in [0.717, 1.165) is 5.56 Å². The minimum Gasteiger partial charge on any atom is -0.458 e. The average Bonchev–Trinajstić information content (AvgIpc) is 2.97. The summed E-state index contributed by atoms with van der Waals surface area (Å²) in [6.45, 7) is 10.1. The number of hydrogen-bond donors (Lipinski definition) is 1. The van der Waals surface area contributed by atoms with E-state index in [0.29, 0.717) is 30.9 Å². The van der Waals surface area contributed by atoms with E-state index in [1.807, 2.05) is 34.6 Å². The molecule has 0 radical (unpaired) electrons. The van der Waals surface area contributed by atoms with Gasteiger partial charge in [0.1, 0.15) is 23.2 Å². The summed E-state index contributed by atoms with van der Waals surface area (Å²) in [7, 11) is 0. The monoisotopic (exact) mass is 369 g/mol. The molecule has 1 atom stereocenters. The van der Waals surface area contributed by atoms with E-state index in [2.05, 4.69) is 28.5 Å². The molecule has 0 bridgehead atoms. The van der Waals surface area contributed by atoms with E-state index in [9.17, 15) is 9.59 Å². The van der Waals surface area contributed by atoms with Crippen molar-refractivity contribution in [1.29, 1.82) is 0 Å². The van der Waals surface area contributed by atoms with Crippen molar-refractivity contribution in [1.82, 2.24) is 9.55 Å². The minimum absolute atomic E-state index is 0.224. The third-order valence-corrected chi connectivity index (χ3v) is 4.47. The Kier molecular flexibility index (Phi) is 5.09. The number of carbonyl (C=O) groups is 1. The highest BCUT2D eigenvalue weighted by atomic mass is 16.6. The van der Waals surface area contributed by atoms with Gasteiger partial charge in [0.15, 0.2) is 0 Å². The molecule has 1 aromatic carbocycles. The molecule has 2 heterocycles. The molecule has 0 fully saturated rings. The zero-order valence-corrected chi connectivity index (χ0v) is 16.6. The summed E-state index contributed by atoms with van der Waals surface area (Å²) < 4.78 is 6.97. The van der Waals surface area contributed by atoms with E-state index in [-0.39, 0.29) is 11.5 Å². The lowest BCUT2D eigenvalue weighted by molar-refractivity contribution is -0.158. The third kappa shape index (κ3) is 4.38. The van der Waals surface area contributed by atoms with Crippen LogP contribution in [-0.2, 0) is 22.5 Å². The molecular weight excluding hydrogens is 342 g/mol. The Bertz CT molecular complexity index is 905. The number of benzene rings is 1. The highest BCUT2D eigenvalue weighted by Gasteiger charge is 2.34. The summed E-state index contributed by atoms with van der Waals surface area (Å²) in [5, 5.41) is 3.17. The number of hydrogen-bond acceptors (Lipinski definition) is 5. The maximum Gasteiger partial charge on any atom is 0.329 e. The SMILES string of the molecule is Cc1cc(C)cc(CNc2cnc3n(c2=O)[C@H](C(=O)OC(C)(C)C)CC3)c1. The molecule has 27 heavy (non-hydrogen) atoms. The van der Waals surface area contributed by atoms with Crippen LogP contribution in [-0.4, -0.2) is 21.1 Å². The standard InChI is InChI=1S/C21H27N3O3/c1-13-8-14(2)10-15(9-13)11-22-16-12-23-18-7-6-17(24(18)19(16)25)20(26)27-21(3,4)5/h8-10,12,17,22H,6-7,11H2,1-5H3/t17-/m0/s1. The molecule has 1 aliphatic rings. The Morgan fingerprint density at radius 2 is 1.93 bits per heavy atom. The normalized spacial score (nSPS) is 16.1. The molecule has 1 aliphatic heterocycles. The van der Waals surface area contributed by atoms with Gasteiger partial charge in [-0.15, -0.1) is 0 Å². The minimum atomic E-state index is -0.609. The summed E-state index contributed by atoms with van der Waals surface area (Å²) in [6, 6.07) is 5.67. The van der Waals surface area contributed by atoms with Gasteiger partial charge in [0.05, 0.1) is 6.20 Å². The first kappa shape index (κ1) is 19.1. The maximum atomic E-state index is 12.9. The van der Waals surface area contributed by atoms with Crippen LogP contribution in [0.15, 0.2) is 29.2 Å². The van der Waals surface area contributed by atoms with Crippen molar-refractivity contribution >= 4 is 11.7 Å². The van der Waals surface area contributed by atoms with E-state index in [1.54, 1.807) is 6.20 Å². The third-order valence-electron chi connectivity index (χ3n) is 4.47. The van der Waals surface area contributed by atoms with Crippen molar-refractivity contribution in [3.05, 3.63) is 57.3 Å². The van der Waals surface area contributed by atoms with Crippen LogP contribution >= 0.6 is 0 Å². The van der Waals surface area contributed by atoms with Crippen LogP contribution in [0.5, 0.6) is 0 Å². The van der Waals surface area contributed by atoms with Gasteiger partial charge < -0.3 is 10.1 Å². The smallest absolute Gasteiger partial charge is 0.329 e. The molecular formula is C21H27N3O3. The Hall–Kier alpha value is -2.63. The maximum absolute atomic E-state index is 12.9. The molecule has 6 nitrogen and oxygen atoms in total. The lowest BCUT2D eigenvalue weighted by atomic mass is 10.1. The topological polar surface area (TPSA) is 73.2 Å². The van der Waals surface area contributed by atoms with E-state index in [1.165, 1.54) is 15.7 Å². The van der Waals surface area contributed by atoms with Gasteiger partial charge in [0.2, 0.25) is 0 Å². The first-order chi connectivity index (χ1) is 12.6. The van der Waals surface area contributed by atoms with Gasteiger partial charge >= 0.3 is 5.97 Å². The van der Waals surface area contributed by atoms with Crippen molar-refractivity contribution in [2.24, 2.45) is 0 Å². The molecule has 3 rings (SSSR count). The molecule has 0 saturated heterocycles. The number of aryl methyl sites for hydroxylation is 3. The quantitative estimate of drug-likeness (QED) is 0.837. The Labute approximate surface area is 159 Å². The number of ether oxygens (including phenoxy) is 1. The molecule has 0 spiro atoms. The fourth-order valence-corrected chi connectivity index (χ4v) is 3.49. The molecule has 144 valence electrons. The fourth-order valence-electron chi connectivity index (χ4n) is 3.49. The first-order valence-electron chi connectivity index (χ1n) is 9.28. The van der Waals surface area contributed by atoms with Gasteiger partial charge in [-0.3, -0.25) is 9.36 Å². The Balaban J connectivity index is 1.83. The van der Waals surface area contributed by atoms with Crippen LogP contribution in [0, 0.1) is 13.8 Å². The molecule has 6 heteroatoms. The highest BCUT2D eigenvalue weighted by molar-refractivity contribution is 5.75. The van der Waals surface area contributed by atoms with Crippen molar-refractivity contribution in [2.45, 2.75) is 65.6 Å². The number of nitrogens with one attached hydrogen (secondary N) is 1. The summed E-state index contributed by atoms with van der Waals surface area (Å²) in [5.74, 6) is 0.254. The zero-order valence-electron chi connectivity index (χ0n) is 16.6. The molecule has 0 saturated carbocycles. The summed E-state index contributed by atoms with van der Waals surface area (Å²) in [4.78, 5) is 29.8. The van der Waals surface area contributed by atoms with Crippen molar-refractivity contribution in [2.75, 3.05) is 5.32 Å². The predicted octanol–water partition coefficient (Wildman–Crippen LogP) is 3.30. The van der Waals surface area contributed by atoms with E-state index < -0.39 is 11.6 Å².